The Labute approximate surface area is 194 Å². The van der Waals surface area contributed by atoms with Crippen LogP contribution >= 0.6 is 0 Å². The van der Waals surface area contributed by atoms with Gasteiger partial charge in [0.2, 0.25) is 11.9 Å². The molecule has 2 aromatic heterocycles. The topological polar surface area (TPSA) is 91.7 Å². The van der Waals surface area contributed by atoms with Gasteiger partial charge in [-0.3, -0.25) is 9.69 Å². The lowest BCUT2D eigenvalue weighted by Crippen LogP contribution is -2.49. The standard InChI is InChI=1S/C23H34N8O2/c32-19-2-1-7-29(19)10-11-31-16-24-20-21(25-17-3-4-17)26-23(27-22(20)31)30-8-5-18(6-9-30)28-12-14-33-15-13-28/h16-18H,1-15H2,(H,25,26,27). The Morgan fingerprint density at radius 2 is 1.82 bits per heavy atom. The zero-order valence-corrected chi connectivity index (χ0v) is 19.3. The first-order valence-corrected chi connectivity index (χ1v) is 12.6. The molecule has 0 unspecified atom stereocenters. The van der Waals surface area contributed by atoms with Gasteiger partial charge in [-0.1, -0.05) is 0 Å². The van der Waals surface area contributed by atoms with E-state index in [2.05, 4.69) is 24.7 Å². The van der Waals surface area contributed by atoms with Crippen molar-refractivity contribution >= 4 is 28.8 Å². The second kappa shape index (κ2) is 9.06. The highest BCUT2D eigenvalue weighted by Gasteiger charge is 2.29. The molecule has 3 saturated heterocycles. The third-order valence-corrected chi connectivity index (χ3v) is 7.46. The Morgan fingerprint density at radius 3 is 2.55 bits per heavy atom. The van der Waals surface area contributed by atoms with Crippen LogP contribution in [0.1, 0.15) is 38.5 Å². The van der Waals surface area contributed by atoms with E-state index in [0.29, 0.717) is 31.6 Å². The lowest BCUT2D eigenvalue weighted by Gasteiger charge is -2.40. The van der Waals surface area contributed by atoms with Gasteiger partial charge >= 0.3 is 0 Å². The average molecular weight is 455 g/mol. The number of anilines is 2. The van der Waals surface area contributed by atoms with Gasteiger partial charge in [0.25, 0.3) is 0 Å². The molecule has 1 N–H and O–H groups in total. The number of hydrogen-bond acceptors (Lipinski definition) is 8. The first-order valence-electron chi connectivity index (χ1n) is 12.6. The molecule has 1 amide bonds. The summed E-state index contributed by atoms with van der Waals surface area (Å²) in [5, 5.41) is 3.58. The highest BCUT2D eigenvalue weighted by molar-refractivity contribution is 5.84. The minimum atomic E-state index is 0.258. The quantitative estimate of drug-likeness (QED) is 0.670. The molecule has 178 valence electrons. The lowest BCUT2D eigenvalue weighted by atomic mass is 10.0. The second-order valence-corrected chi connectivity index (χ2v) is 9.75. The maximum Gasteiger partial charge on any atom is 0.229 e. The number of carbonyl (C=O) groups is 1. The van der Waals surface area contributed by atoms with Crippen LogP contribution in [0.5, 0.6) is 0 Å². The summed E-state index contributed by atoms with van der Waals surface area (Å²) >= 11 is 0. The molecule has 2 aromatic rings. The number of ether oxygens (including phenoxy) is 1. The highest BCUT2D eigenvalue weighted by atomic mass is 16.5. The number of amides is 1. The van der Waals surface area contributed by atoms with Gasteiger partial charge in [-0.25, -0.2) is 4.98 Å². The fraction of sp³-hybridized carbons (Fsp3) is 0.739. The van der Waals surface area contributed by atoms with Crippen molar-refractivity contribution in [3.8, 4) is 0 Å². The van der Waals surface area contributed by atoms with Gasteiger partial charge in [0, 0.05) is 64.3 Å². The lowest BCUT2D eigenvalue weighted by molar-refractivity contribution is -0.127. The van der Waals surface area contributed by atoms with E-state index in [-0.39, 0.29) is 5.91 Å². The molecule has 0 radical (unpaired) electrons. The third-order valence-electron chi connectivity index (χ3n) is 7.46. The number of carbonyl (C=O) groups excluding carboxylic acids is 1. The van der Waals surface area contributed by atoms with E-state index in [1.165, 1.54) is 12.8 Å². The predicted octanol–water partition coefficient (Wildman–Crippen LogP) is 1.32. The summed E-state index contributed by atoms with van der Waals surface area (Å²) in [5.74, 6) is 1.91. The number of hydrogen-bond donors (Lipinski definition) is 1. The number of likely N-dealkylation sites (tertiary alicyclic amines) is 1. The first-order chi connectivity index (χ1) is 16.2. The zero-order chi connectivity index (χ0) is 22.2. The van der Waals surface area contributed by atoms with Gasteiger partial charge in [-0.15, -0.1) is 0 Å². The van der Waals surface area contributed by atoms with Gasteiger partial charge in [0.05, 0.1) is 19.5 Å². The minimum Gasteiger partial charge on any atom is -0.379 e. The molecule has 0 bridgehead atoms. The van der Waals surface area contributed by atoms with Gasteiger partial charge in [-0.05, 0) is 32.1 Å². The number of rotatable bonds is 7. The largest absolute Gasteiger partial charge is 0.379 e. The molecule has 0 aromatic carbocycles. The van der Waals surface area contributed by atoms with E-state index in [0.717, 1.165) is 88.1 Å². The molecule has 5 heterocycles. The van der Waals surface area contributed by atoms with Crippen LogP contribution in [0, 0.1) is 0 Å². The molecule has 0 atom stereocenters. The average Bonchev–Trinajstić information content (AvgIpc) is 3.43. The fourth-order valence-electron chi connectivity index (χ4n) is 5.30. The van der Waals surface area contributed by atoms with Gasteiger partial charge in [0.1, 0.15) is 0 Å². The second-order valence-electron chi connectivity index (χ2n) is 9.75. The first kappa shape index (κ1) is 21.1. The molecular formula is C23H34N8O2. The molecule has 4 aliphatic rings. The van der Waals surface area contributed by atoms with Crippen molar-refractivity contribution in [3.05, 3.63) is 6.33 Å². The summed E-state index contributed by atoms with van der Waals surface area (Å²) in [6.45, 7) is 7.99. The molecule has 10 nitrogen and oxygen atoms in total. The normalized spacial score (nSPS) is 23.1. The van der Waals surface area contributed by atoms with Crippen LogP contribution in [0.3, 0.4) is 0 Å². The Morgan fingerprint density at radius 1 is 1.00 bits per heavy atom. The van der Waals surface area contributed by atoms with E-state index in [4.69, 9.17) is 14.7 Å². The van der Waals surface area contributed by atoms with Crippen molar-refractivity contribution in [2.45, 2.75) is 57.2 Å². The summed E-state index contributed by atoms with van der Waals surface area (Å²) in [6.07, 6.45) is 8.12. The Kier molecular flexibility index (Phi) is 5.79. The number of nitrogens with one attached hydrogen (secondary N) is 1. The van der Waals surface area contributed by atoms with Gasteiger partial charge in [-0.2, -0.15) is 9.97 Å². The van der Waals surface area contributed by atoms with Crippen LogP contribution < -0.4 is 10.2 Å². The van der Waals surface area contributed by atoms with Crippen molar-refractivity contribution in [2.24, 2.45) is 0 Å². The van der Waals surface area contributed by atoms with Crippen LogP contribution in [0.2, 0.25) is 0 Å². The number of nitrogens with zero attached hydrogens (tertiary/aromatic N) is 7. The number of piperidine rings is 1. The van der Waals surface area contributed by atoms with Crippen molar-refractivity contribution in [1.82, 2.24) is 29.3 Å². The van der Waals surface area contributed by atoms with Crippen LogP contribution in [-0.4, -0.2) is 99.8 Å². The minimum absolute atomic E-state index is 0.258. The number of imidazole rings is 1. The van der Waals surface area contributed by atoms with Crippen LogP contribution in [0.15, 0.2) is 6.33 Å². The summed E-state index contributed by atoms with van der Waals surface area (Å²) in [6, 6.07) is 1.12. The summed E-state index contributed by atoms with van der Waals surface area (Å²) in [5.41, 5.74) is 1.70. The monoisotopic (exact) mass is 454 g/mol. The number of aromatic nitrogens is 4. The SMILES string of the molecule is O=C1CCCN1CCn1cnc2c(NC3CC3)nc(N3CCC(N4CCOCC4)CC3)nc21. The molecule has 4 fully saturated rings. The van der Waals surface area contributed by atoms with E-state index in [1.807, 2.05) is 11.2 Å². The molecular weight excluding hydrogens is 420 g/mol. The summed E-state index contributed by atoms with van der Waals surface area (Å²) in [7, 11) is 0. The highest BCUT2D eigenvalue weighted by Crippen LogP contribution is 2.30. The van der Waals surface area contributed by atoms with Crippen molar-refractivity contribution in [2.75, 3.05) is 62.7 Å². The van der Waals surface area contributed by atoms with Gasteiger partial charge in [0.15, 0.2) is 17.0 Å². The van der Waals surface area contributed by atoms with Crippen LogP contribution in [0.4, 0.5) is 11.8 Å². The summed E-state index contributed by atoms with van der Waals surface area (Å²) in [4.78, 5) is 33.5. The third kappa shape index (κ3) is 4.50. The van der Waals surface area contributed by atoms with E-state index in [1.54, 1.807) is 0 Å². The Balaban J connectivity index is 1.21. The van der Waals surface area contributed by atoms with E-state index in [9.17, 15) is 4.79 Å². The van der Waals surface area contributed by atoms with E-state index < -0.39 is 0 Å². The molecule has 1 saturated carbocycles. The smallest absolute Gasteiger partial charge is 0.229 e. The molecule has 10 heteroatoms. The Hall–Kier alpha value is -2.46. The van der Waals surface area contributed by atoms with E-state index >= 15 is 0 Å². The van der Waals surface area contributed by atoms with Crippen molar-refractivity contribution in [3.63, 3.8) is 0 Å². The van der Waals surface area contributed by atoms with Gasteiger partial charge < -0.3 is 24.4 Å². The van der Waals surface area contributed by atoms with Crippen LogP contribution in [-0.2, 0) is 16.1 Å². The van der Waals surface area contributed by atoms with Crippen molar-refractivity contribution < 1.29 is 9.53 Å². The molecule has 33 heavy (non-hydrogen) atoms. The number of morpholine rings is 1. The summed E-state index contributed by atoms with van der Waals surface area (Å²) < 4.78 is 7.61. The Bertz CT molecular complexity index is 992. The fourth-order valence-corrected chi connectivity index (χ4v) is 5.30. The predicted molar refractivity (Wildman–Crippen MR) is 125 cm³/mol. The number of fused-ring (bicyclic) bond motifs is 1. The molecule has 3 aliphatic heterocycles. The van der Waals surface area contributed by atoms with Crippen molar-refractivity contribution in [1.29, 1.82) is 0 Å². The van der Waals surface area contributed by atoms with Crippen LogP contribution in [0.25, 0.3) is 11.2 Å². The zero-order valence-electron chi connectivity index (χ0n) is 19.3. The maximum absolute atomic E-state index is 12.0. The molecule has 0 spiro atoms. The molecule has 1 aliphatic carbocycles. The molecule has 6 rings (SSSR count). The maximum atomic E-state index is 12.0.